The van der Waals surface area contributed by atoms with Crippen molar-refractivity contribution in [2.75, 3.05) is 13.2 Å². The second-order valence-electron chi connectivity index (χ2n) is 1.40. The fourth-order valence-electron chi connectivity index (χ4n) is 0.316. The monoisotopic (exact) mass is 110 g/mol. The van der Waals surface area contributed by atoms with E-state index in [-0.39, 0.29) is 0 Å². The molecular formula is C7H10O. The summed E-state index contributed by atoms with van der Waals surface area (Å²) in [6.45, 7) is 6.26. The van der Waals surface area contributed by atoms with Crippen molar-refractivity contribution in [3.8, 4) is 12.3 Å². The zero-order chi connectivity index (χ0) is 6.24. The third-order valence-electron chi connectivity index (χ3n) is 0.678. The van der Waals surface area contributed by atoms with Crippen molar-refractivity contribution < 1.29 is 4.74 Å². The van der Waals surface area contributed by atoms with Crippen LogP contribution in [0.25, 0.3) is 0 Å². The first-order valence-electron chi connectivity index (χ1n) is 2.63. The largest absolute Gasteiger partial charge is 0.369 e. The third kappa shape index (κ3) is 5.52. The van der Waals surface area contributed by atoms with Crippen LogP contribution in [0.2, 0.25) is 0 Å². The molecule has 0 spiro atoms. The molecule has 0 rings (SSSR count). The highest BCUT2D eigenvalue weighted by molar-refractivity contribution is 4.82. The fourth-order valence-corrected chi connectivity index (χ4v) is 0.316. The highest BCUT2D eigenvalue weighted by Crippen LogP contribution is 1.85. The molecule has 0 heterocycles. The van der Waals surface area contributed by atoms with Crippen molar-refractivity contribution in [3.63, 3.8) is 0 Å². The van der Waals surface area contributed by atoms with Crippen LogP contribution in [-0.4, -0.2) is 13.2 Å². The van der Waals surface area contributed by atoms with Gasteiger partial charge in [-0.05, 0) is 19.8 Å². The molecule has 0 aromatic rings. The summed E-state index contributed by atoms with van der Waals surface area (Å²) in [5.41, 5.74) is 0. The van der Waals surface area contributed by atoms with Crippen molar-refractivity contribution in [1.29, 1.82) is 0 Å². The van der Waals surface area contributed by atoms with Crippen LogP contribution in [0.4, 0.5) is 0 Å². The maximum Gasteiger partial charge on any atom is 0.107 e. The Bertz CT molecular complexity index is 70.9. The molecular weight excluding hydrogens is 100 g/mol. The average Bonchev–Trinajstić information content (AvgIpc) is 1.81. The number of ether oxygens (including phenoxy) is 1. The van der Waals surface area contributed by atoms with E-state index in [1.807, 2.05) is 0 Å². The third-order valence-corrected chi connectivity index (χ3v) is 0.678. The van der Waals surface area contributed by atoms with Gasteiger partial charge in [0.25, 0.3) is 0 Å². The molecule has 0 aromatic heterocycles. The van der Waals surface area contributed by atoms with Crippen LogP contribution in [0.5, 0.6) is 0 Å². The molecule has 8 heavy (non-hydrogen) atoms. The van der Waals surface area contributed by atoms with E-state index in [2.05, 4.69) is 5.92 Å². The molecule has 2 radical (unpaired) electrons. The first kappa shape index (κ1) is 7.52. The minimum absolute atomic E-state index is 0.403. The van der Waals surface area contributed by atoms with Gasteiger partial charge in [0.15, 0.2) is 0 Å². The smallest absolute Gasteiger partial charge is 0.107 e. The summed E-state index contributed by atoms with van der Waals surface area (Å²) in [6, 6.07) is 0. The van der Waals surface area contributed by atoms with Crippen LogP contribution in [0.1, 0.15) is 12.8 Å². The van der Waals surface area contributed by atoms with Gasteiger partial charge in [-0.3, -0.25) is 0 Å². The van der Waals surface area contributed by atoms with Crippen molar-refractivity contribution in [3.05, 3.63) is 6.92 Å². The molecule has 0 aliphatic heterocycles. The Kier molecular flexibility index (Phi) is 6.13. The van der Waals surface area contributed by atoms with Crippen molar-refractivity contribution >= 4 is 0 Å². The summed E-state index contributed by atoms with van der Waals surface area (Å²) >= 11 is 0. The number of hydrogen-bond donors (Lipinski definition) is 0. The van der Waals surface area contributed by atoms with E-state index in [1.165, 1.54) is 0 Å². The number of unbranched alkanes of at least 4 members (excludes halogenated alkanes) is 1. The second-order valence-corrected chi connectivity index (χ2v) is 1.40. The van der Waals surface area contributed by atoms with Gasteiger partial charge in [-0.15, -0.1) is 6.42 Å². The van der Waals surface area contributed by atoms with Gasteiger partial charge in [0.1, 0.15) is 6.61 Å². The molecule has 0 unspecified atom stereocenters. The Morgan fingerprint density at radius 1 is 1.50 bits per heavy atom. The highest BCUT2D eigenvalue weighted by Gasteiger charge is 1.80. The van der Waals surface area contributed by atoms with Gasteiger partial charge in [0.2, 0.25) is 0 Å². The summed E-state index contributed by atoms with van der Waals surface area (Å²) in [6.07, 6.45) is 6.47. The van der Waals surface area contributed by atoms with Gasteiger partial charge in [-0.2, -0.15) is 0 Å². The number of hydrogen-bond acceptors (Lipinski definition) is 1. The Balaban J connectivity index is 2.65. The maximum absolute atomic E-state index is 5.18. The fraction of sp³-hybridized carbons (Fsp3) is 0.571. The molecule has 0 saturated heterocycles. The van der Waals surface area contributed by atoms with E-state index >= 15 is 0 Å². The molecule has 0 aromatic carbocycles. The maximum atomic E-state index is 5.18. The molecule has 1 nitrogen and oxygen atoms in total. The van der Waals surface area contributed by atoms with Gasteiger partial charge in [0.05, 0.1) is 0 Å². The van der Waals surface area contributed by atoms with E-state index in [9.17, 15) is 0 Å². The molecule has 0 saturated carbocycles. The minimum atomic E-state index is 0.403. The lowest BCUT2D eigenvalue weighted by Gasteiger charge is -1.94. The SMILES string of the molecule is [CH]CCCOCC#C. The van der Waals surface area contributed by atoms with Crippen LogP contribution >= 0.6 is 0 Å². The van der Waals surface area contributed by atoms with Crippen LogP contribution < -0.4 is 0 Å². The van der Waals surface area contributed by atoms with E-state index in [0.29, 0.717) is 19.6 Å². The Labute approximate surface area is 51.0 Å². The molecule has 0 aliphatic rings. The number of terminal acetylenes is 1. The van der Waals surface area contributed by atoms with Crippen molar-refractivity contribution in [1.82, 2.24) is 0 Å². The molecule has 44 valence electrons. The zero-order valence-electron chi connectivity index (χ0n) is 4.89. The van der Waals surface area contributed by atoms with E-state index in [4.69, 9.17) is 18.1 Å². The summed E-state index contributed by atoms with van der Waals surface area (Å²) in [7, 11) is 0. The first-order chi connectivity index (χ1) is 3.91. The summed E-state index contributed by atoms with van der Waals surface area (Å²) in [4.78, 5) is 0. The molecule has 0 fully saturated rings. The Morgan fingerprint density at radius 3 is 2.75 bits per heavy atom. The van der Waals surface area contributed by atoms with Gasteiger partial charge < -0.3 is 4.74 Å². The lowest BCUT2D eigenvalue weighted by molar-refractivity contribution is 0.165. The van der Waals surface area contributed by atoms with E-state index in [1.54, 1.807) is 0 Å². The molecule has 0 bridgehead atoms. The van der Waals surface area contributed by atoms with Gasteiger partial charge in [0, 0.05) is 6.61 Å². The molecule has 0 atom stereocenters. The van der Waals surface area contributed by atoms with Crippen LogP contribution in [0.3, 0.4) is 0 Å². The van der Waals surface area contributed by atoms with Crippen LogP contribution in [-0.2, 0) is 4.74 Å². The predicted octanol–water partition coefficient (Wildman–Crippen LogP) is 1.13. The highest BCUT2D eigenvalue weighted by atomic mass is 16.5. The quantitative estimate of drug-likeness (QED) is 0.389. The predicted molar refractivity (Wildman–Crippen MR) is 33.2 cm³/mol. The normalized spacial score (nSPS) is 8.50. The molecule has 0 N–H and O–H groups in total. The summed E-state index contributed by atoms with van der Waals surface area (Å²) in [5.74, 6) is 2.36. The van der Waals surface area contributed by atoms with Crippen LogP contribution in [0, 0.1) is 19.3 Å². The lowest BCUT2D eigenvalue weighted by Crippen LogP contribution is -1.92. The van der Waals surface area contributed by atoms with Gasteiger partial charge in [-0.25, -0.2) is 0 Å². The molecule has 1 heteroatoms. The van der Waals surface area contributed by atoms with E-state index < -0.39 is 0 Å². The van der Waals surface area contributed by atoms with Crippen molar-refractivity contribution in [2.45, 2.75) is 12.8 Å². The van der Waals surface area contributed by atoms with Crippen molar-refractivity contribution in [2.24, 2.45) is 0 Å². The van der Waals surface area contributed by atoms with Crippen LogP contribution in [0.15, 0.2) is 0 Å². The zero-order valence-corrected chi connectivity index (χ0v) is 4.89. The Morgan fingerprint density at radius 2 is 2.25 bits per heavy atom. The second kappa shape index (κ2) is 6.52. The number of rotatable bonds is 4. The lowest BCUT2D eigenvalue weighted by atomic mass is 10.4. The van der Waals surface area contributed by atoms with Gasteiger partial charge >= 0.3 is 0 Å². The molecule has 0 aliphatic carbocycles. The summed E-state index contributed by atoms with van der Waals surface area (Å²) in [5, 5.41) is 0. The average molecular weight is 110 g/mol. The minimum Gasteiger partial charge on any atom is -0.369 e. The topological polar surface area (TPSA) is 9.23 Å². The van der Waals surface area contributed by atoms with Gasteiger partial charge in [-0.1, -0.05) is 5.92 Å². The first-order valence-corrected chi connectivity index (χ1v) is 2.63. The summed E-state index contributed by atoms with van der Waals surface area (Å²) < 4.78 is 4.91. The Hall–Kier alpha value is -0.480. The standard InChI is InChI=1S/C7H10O/c1-3-5-7-8-6-4-2/h1-2H,3,5-7H2. The molecule has 0 amide bonds. The van der Waals surface area contributed by atoms with E-state index in [0.717, 1.165) is 6.42 Å².